The Morgan fingerprint density at radius 3 is 2.41 bits per heavy atom. The molecular formula is C18H22N4O4S. The van der Waals surface area contributed by atoms with Gasteiger partial charge in [-0.2, -0.15) is 9.98 Å². The van der Waals surface area contributed by atoms with Gasteiger partial charge in [0.15, 0.2) is 0 Å². The summed E-state index contributed by atoms with van der Waals surface area (Å²) >= 11 is 0. The molecule has 2 atom stereocenters. The molecule has 3 rings (SSSR count). The summed E-state index contributed by atoms with van der Waals surface area (Å²) in [5.74, 6) is -0.0136. The van der Waals surface area contributed by atoms with Crippen LogP contribution in [0, 0.1) is 17.2 Å². The summed E-state index contributed by atoms with van der Waals surface area (Å²) in [6.45, 7) is 5.93. The Bertz CT molecular complexity index is 1170. The Kier molecular flexibility index (Phi) is 4.74. The van der Waals surface area contributed by atoms with Gasteiger partial charge < -0.3 is 0 Å². The van der Waals surface area contributed by atoms with E-state index < -0.39 is 26.8 Å². The first kappa shape index (κ1) is 19.3. The van der Waals surface area contributed by atoms with E-state index in [0.29, 0.717) is 24.9 Å². The van der Waals surface area contributed by atoms with E-state index >= 15 is 0 Å². The lowest BCUT2D eigenvalue weighted by atomic mass is 10.2. The molecule has 0 saturated heterocycles. The number of hydrogen-bond donors (Lipinski definition) is 1. The van der Waals surface area contributed by atoms with Crippen LogP contribution in [-0.2, 0) is 23.1 Å². The molecule has 0 aliphatic heterocycles. The van der Waals surface area contributed by atoms with Crippen molar-refractivity contribution in [1.82, 2.24) is 13.9 Å². The highest BCUT2D eigenvalue weighted by Crippen LogP contribution is 2.46. The number of benzene rings is 1. The molecule has 144 valence electrons. The zero-order valence-electron chi connectivity index (χ0n) is 15.5. The number of nitrogens with zero attached hydrogens (tertiary/aromatic N) is 3. The van der Waals surface area contributed by atoms with Crippen molar-refractivity contribution in [3.05, 3.63) is 39.0 Å². The first-order valence-electron chi connectivity index (χ1n) is 8.97. The molecule has 0 spiro atoms. The highest BCUT2D eigenvalue weighted by molar-refractivity contribution is 7.89. The Labute approximate surface area is 157 Å². The van der Waals surface area contributed by atoms with E-state index in [9.17, 15) is 23.3 Å². The van der Waals surface area contributed by atoms with Crippen LogP contribution in [-0.4, -0.2) is 23.1 Å². The fraction of sp³-hybridized carbons (Fsp3) is 0.500. The molecule has 1 N–H and O–H groups in total. The minimum atomic E-state index is -3.98. The lowest BCUT2D eigenvalue weighted by Gasteiger charge is -2.14. The van der Waals surface area contributed by atoms with Crippen LogP contribution in [0.1, 0.15) is 33.6 Å². The predicted molar refractivity (Wildman–Crippen MR) is 101 cm³/mol. The van der Waals surface area contributed by atoms with Crippen molar-refractivity contribution in [2.45, 2.75) is 57.1 Å². The molecule has 0 unspecified atom stereocenters. The smallest absolute Gasteiger partial charge is 0.293 e. The maximum atomic E-state index is 12.8. The molecule has 1 aromatic carbocycles. The molecule has 9 heteroatoms. The fourth-order valence-corrected chi connectivity index (χ4v) is 4.97. The third-order valence-corrected chi connectivity index (χ3v) is 6.76. The minimum absolute atomic E-state index is 0.0136. The molecule has 1 aliphatic carbocycles. The maximum Gasteiger partial charge on any atom is 0.331 e. The first-order valence-corrected chi connectivity index (χ1v) is 10.5. The molecule has 8 nitrogen and oxygen atoms in total. The van der Waals surface area contributed by atoms with Crippen LogP contribution in [0.5, 0.6) is 0 Å². The Morgan fingerprint density at radius 2 is 1.89 bits per heavy atom. The van der Waals surface area contributed by atoms with E-state index in [0.717, 1.165) is 4.57 Å². The fourth-order valence-electron chi connectivity index (χ4n) is 3.56. The first-order chi connectivity index (χ1) is 12.7. The number of sulfonamides is 1. The Balaban J connectivity index is 2.16. The number of aryl methyl sites for hydroxylation is 1. The van der Waals surface area contributed by atoms with E-state index in [4.69, 9.17) is 0 Å². The summed E-state index contributed by atoms with van der Waals surface area (Å²) in [4.78, 5) is 25.0. The second-order valence-corrected chi connectivity index (χ2v) is 8.44. The zero-order valence-corrected chi connectivity index (χ0v) is 16.3. The average Bonchev–Trinajstić information content (AvgIpc) is 3.35. The van der Waals surface area contributed by atoms with Crippen LogP contribution in [0.2, 0.25) is 0 Å². The van der Waals surface area contributed by atoms with Crippen molar-refractivity contribution >= 4 is 20.9 Å². The van der Waals surface area contributed by atoms with Crippen molar-refractivity contribution in [2.24, 2.45) is 5.92 Å². The predicted octanol–water partition coefficient (Wildman–Crippen LogP) is 1.17. The van der Waals surface area contributed by atoms with E-state index in [1.54, 1.807) is 13.8 Å². The molecule has 1 fully saturated rings. The molecule has 1 heterocycles. The lowest BCUT2D eigenvalue weighted by Crippen LogP contribution is -2.40. The van der Waals surface area contributed by atoms with E-state index in [2.05, 4.69) is 10.8 Å². The minimum Gasteiger partial charge on any atom is -0.293 e. The molecule has 0 bridgehead atoms. The monoisotopic (exact) mass is 390 g/mol. The summed E-state index contributed by atoms with van der Waals surface area (Å²) < 4.78 is 30.6. The lowest BCUT2D eigenvalue weighted by molar-refractivity contribution is 0.557. The highest BCUT2D eigenvalue weighted by atomic mass is 32.2. The molecule has 1 aliphatic rings. The largest absolute Gasteiger partial charge is 0.331 e. The van der Waals surface area contributed by atoms with Crippen LogP contribution in [0.25, 0.3) is 10.9 Å². The zero-order chi connectivity index (χ0) is 20.0. The third-order valence-electron chi connectivity index (χ3n) is 5.25. The topological polar surface area (TPSA) is 114 Å². The van der Waals surface area contributed by atoms with Crippen molar-refractivity contribution in [3.63, 3.8) is 0 Å². The van der Waals surface area contributed by atoms with Gasteiger partial charge >= 0.3 is 5.69 Å². The van der Waals surface area contributed by atoms with Gasteiger partial charge in [-0.1, -0.05) is 13.3 Å². The maximum absolute atomic E-state index is 12.8. The van der Waals surface area contributed by atoms with Gasteiger partial charge in [0.25, 0.3) is 5.56 Å². The molecule has 2 aromatic rings. The molecular weight excluding hydrogens is 368 g/mol. The number of fused-ring (bicyclic) bond motifs is 1. The number of nitrogens with one attached hydrogen (secondary N) is 1. The summed E-state index contributed by atoms with van der Waals surface area (Å²) in [6, 6.07) is 6.19. The van der Waals surface area contributed by atoms with Gasteiger partial charge in [0.2, 0.25) is 10.0 Å². The van der Waals surface area contributed by atoms with Crippen molar-refractivity contribution < 1.29 is 8.42 Å². The van der Waals surface area contributed by atoms with Gasteiger partial charge in [0.1, 0.15) is 5.54 Å². The van der Waals surface area contributed by atoms with Crippen molar-refractivity contribution in [3.8, 4) is 6.07 Å². The standard InChI is InChI=1S/C18H22N4O4S/c1-4-12-10-18(12,11-19)20-27(25,26)13-7-8-15-14(9-13)16(23)22(6-3)17(24)21(15)5-2/h7-9,12,20H,4-6,10H2,1-3H3/t12-,18-/m1/s1. The number of nitriles is 1. The van der Waals surface area contributed by atoms with E-state index in [-0.39, 0.29) is 22.7 Å². The van der Waals surface area contributed by atoms with Crippen molar-refractivity contribution in [1.29, 1.82) is 5.26 Å². The van der Waals surface area contributed by atoms with Crippen molar-refractivity contribution in [2.75, 3.05) is 0 Å². The highest BCUT2D eigenvalue weighted by Gasteiger charge is 2.56. The second kappa shape index (κ2) is 6.62. The van der Waals surface area contributed by atoms with Gasteiger partial charge in [0.05, 0.1) is 21.9 Å². The van der Waals surface area contributed by atoms with Crippen LogP contribution in [0.4, 0.5) is 0 Å². The van der Waals surface area contributed by atoms with Gasteiger partial charge in [-0.05, 0) is 44.4 Å². The summed E-state index contributed by atoms with van der Waals surface area (Å²) in [6.07, 6.45) is 1.18. The summed E-state index contributed by atoms with van der Waals surface area (Å²) in [7, 11) is -3.98. The van der Waals surface area contributed by atoms with Gasteiger partial charge in [-0.3, -0.25) is 13.9 Å². The third kappa shape index (κ3) is 2.99. The van der Waals surface area contributed by atoms with Crippen LogP contribution >= 0.6 is 0 Å². The summed E-state index contributed by atoms with van der Waals surface area (Å²) in [5.41, 5.74) is -1.62. The van der Waals surface area contributed by atoms with Crippen LogP contribution in [0.15, 0.2) is 32.7 Å². The molecule has 1 aromatic heterocycles. The molecule has 0 amide bonds. The van der Waals surface area contributed by atoms with E-state index in [1.165, 1.54) is 22.8 Å². The molecule has 27 heavy (non-hydrogen) atoms. The number of rotatable bonds is 6. The Morgan fingerprint density at radius 1 is 1.22 bits per heavy atom. The van der Waals surface area contributed by atoms with Crippen LogP contribution < -0.4 is 16.0 Å². The SMILES string of the molecule is CC[C@@H]1C[C@]1(C#N)NS(=O)(=O)c1ccc2c(c1)c(=O)n(CC)c(=O)n2CC. The van der Waals surface area contributed by atoms with E-state index in [1.807, 2.05) is 6.92 Å². The molecule has 1 saturated carbocycles. The van der Waals surface area contributed by atoms with Gasteiger partial charge in [-0.15, -0.1) is 0 Å². The quantitative estimate of drug-likeness (QED) is 0.795. The normalized spacial score (nSPS) is 21.9. The number of aromatic nitrogens is 2. The molecule has 0 radical (unpaired) electrons. The number of hydrogen-bond acceptors (Lipinski definition) is 5. The van der Waals surface area contributed by atoms with Gasteiger partial charge in [-0.25, -0.2) is 13.2 Å². The van der Waals surface area contributed by atoms with Gasteiger partial charge in [0, 0.05) is 13.1 Å². The second-order valence-electron chi connectivity index (χ2n) is 6.75. The Hall–Kier alpha value is -2.44. The van der Waals surface area contributed by atoms with Crippen LogP contribution in [0.3, 0.4) is 0 Å². The average molecular weight is 390 g/mol. The summed E-state index contributed by atoms with van der Waals surface area (Å²) in [5, 5.41) is 9.55.